The van der Waals surface area contributed by atoms with Gasteiger partial charge in [0.1, 0.15) is 5.82 Å². The fourth-order valence-corrected chi connectivity index (χ4v) is 2.41. The average Bonchev–Trinajstić information content (AvgIpc) is 3.23. The number of halogens is 1. The van der Waals surface area contributed by atoms with Crippen LogP contribution in [-0.4, -0.2) is 29.8 Å². The molecule has 20 heavy (non-hydrogen) atoms. The third kappa shape index (κ3) is 4.41. The van der Waals surface area contributed by atoms with Gasteiger partial charge in [-0.25, -0.2) is 4.39 Å². The number of benzene rings is 1. The van der Waals surface area contributed by atoms with Crippen molar-refractivity contribution in [3.63, 3.8) is 0 Å². The van der Waals surface area contributed by atoms with E-state index in [0.29, 0.717) is 18.4 Å². The van der Waals surface area contributed by atoms with Crippen LogP contribution in [0.1, 0.15) is 49.9 Å². The molecule has 0 spiro atoms. The zero-order valence-corrected chi connectivity index (χ0v) is 12.4. The SMILES string of the molecule is CC(C)CCN(CCC(=O)c1ccccc1F)C1CC1. The number of hydrogen-bond acceptors (Lipinski definition) is 2. The minimum Gasteiger partial charge on any atom is -0.300 e. The van der Waals surface area contributed by atoms with Gasteiger partial charge in [0.2, 0.25) is 0 Å². The Morgan fingerprint density at radius 1 is 1.30 bits per heavy atom. The maximum atomic E-state index is 13.6. The first-order valence-corrected chi connectivity index (χ1v) is 7.59. The summed E-state index contributed by atoms with van der Waals surface area (Å²) in [6.45, 7) is 6.24. The van der Waals surface area contributed by atoms with E-state index < -0.39 is 5.82 Å². The molecule has 0 atom stereocenters. The van der Waals surface area contributed by atoms with E-state index in [4.69, 9.17) is 0 Å². The van der Waals surface area contributed by atoms with Crippen LogP contribution in [0.2, 0.25) is 0 Å². The monoisotopic (exact) mass is 277 g/mol. The van der Waals surface area contributed by atoms with Crippen molar-refractivity contribution in [1.82, 2.24) is 4.90 Å². The van der Waals surface area contributed by atoms with Crippen LogP contribution in [0.4, 0.5) is 4.39 Å². The van der Waals surface area contributed by atoms with Gasteiger partial charge in [0, 0.05) is 19.0 Å². The Hall–Kier alpha value is -1.22. The Kier molecular flexibility index (Phi) is 5.30. The molecule has 2 rings (SSSR count). The molecule has 110 valence electrons. The van der Waals surface area contributed by atoms with Crippen LogP contribution in [-0.2, 0) is 0 Å². The lowest BCUT2D eigenvalue weighted by atomic mass is 10.1. The highest BCUT2D eigenvalue weighted by molar-refractivity contribution is 5.96. The Balaban J connectivity index is 1.86. The van der Waals surface area contributed by atoms with Gasteiger partial charge in [-0.1, -0.05) is 26.0 Å². The second-order valence-corrected chi connectivity index (χ2v) is 6.10. The van der Waals surface area contributed by atoms with E-state index in [1.165, 1.54) is 18.9 Å². The Morgan fingerprint density at radius 2 is 2.00 bits per heavy atom. The zero-order chi connectivity index (χ0) is 14.5. The molecule has 1 aliphatic carbocycles. The van der Waals surface area contributed by atoms with Crippen LogP contribution in [0.15, 0.2) is 24.3 Å². The maximum absolute atomic E-state index is 13.6. The van der Waals surface area contributed by atoms with Crippen molar-refractivity contribution in [2.24, 2.45) is 5.92 Å². The topological polar surface area (TPSA) is 20.3 Å². The van der Waals surface area contributed by atoms with Crippen molar-refractivity contribution in [1.29, 1.82) is 0 Å². The van der Waals surface area contributed by atoms with E-state index in [0.717, 1.165) is 19.5 Å². The maximum Gasteiger partial charge on any atom is 0.167 e. The zero-order valence-electron chi connectivity index (χ0n) is 12.4. The molecule has 1 aliphatic rings. The Morgan fingerprint density at radius 3 is 2.60 bits per heavy atom. The molecule has 0 heterocycles. The summed E-state index contributed by atoms with van der Waals surface area (Å²) in [7, 11) is 0. The van der Waals surface area contributed by atoms with E-state index in [1.54, 1.807) is 18.2 Å². The van der Waals surface area contributed by atoms with Gasteiger partial charge in [-0.15, -0.1) is 0 Å². The molecule has 0 amide bonds. The van der Waals surface area contributed by atoms with Crippen molar-refractivity contribution in [3.05, 3.63) is 35.6 Å². The number of carbonyl (C=O) groups is 1. The van der Waals surface area contributed by atoms with E-state index in [1.807, 2.05) is 0 Å². The van der Waals surface area contributed by atoms with Gasteiger partial charge in [-0.05, 0) is 43.9 Å². The molecule has 0 radical (unpaired) electrons. The van der Waals surface area contributed by atoms with Gasteiger partial charge < -0.3 is 0 Å². The molecule has 0 aliphatic heterocycles. The standard InChI is InChI=1S/C17H24FNO/c1-13(2)9-11-19(14-7-8-14)12-10-17(20)15-5-3-4-6-16(15)18/h3-6,13-14H,7-12H2,1-2H3. The molecular formula is C17H24FNO. The lowest BCUT2D eigenvalue weighted by Crippen LogP contribution is -2.30. The number of nitrogens with zero attached hydrogens (tertiary/aromatic N) is 1. The molecule has 0 unspecified atom stereocenters. The smallest absolute Gasteiger partial charge is 0.167 e. The quantitative estimate of drug-likeness (QED) is 0.671. The lowest BCUT2D eigenvalue weighted by Gasteiger charge is -2.22. The van der Waals surface area contributed by atoms with Crippen LogP contribution in [0.3, 0.4) is 0 Å². The number of Topliss-reactive ketones (excluding diaryl/α,β-unsaturated/α-hetero) is 1. The molecule has 0 N–H and O–H groups in total. The number of hydrogen-bond donors (Lipinski definition) is 0. The third-order valence-electron chi connectivity index (χ3n) is 3.86. The molecule has 2 nitrogen and oxygen atoms in total. The van der Waals surface area contributed by atoms with Crippen molar-refractivity contribution in [3.8, 4) is 0 Å². The number of carbonyl (C=O) groups excluding carboxylic acids is 1. The molecule has 1 fully saturated rings. The van der Waals surface area contributed by atoms with Gasteiger partial charge in [0.15, 0.2) is 5.78 Å². The first kappa shape index (κ1) is 15.2. The molecule has 1 saturated carbocycles. The summed E-state index contributed by atoms with van der Waals surface area (Å²) in [5, 5.41) is 0. The summed E-state index contributed by atoms with van der Waals surface area (Å²) in [6.07, 6.45) is 4.05. The minimum absolute atomic E-state index is 0.0849. The highest BCUT2D eigenvalue weighted by Gasteiger charge is 2.29. The summed E-state index contributed by atoms with van der Waals surface area (Å²) in [4.78, 5) is 14.5. The number of rotatable bonds is 8. The second-order valence-electron chi connectivity index (χ2n) is 6.10. The molecule has 0 aromatic heterocycles. The van der Waals surface area contributed by atoms with Crippen LogP contribution in [0.5, 0.6) is 0 Å². The number of ketones is 1. The Labute approximate surface area is 121 Å². The highest BCUT2D eigenvalue weighted by atomic mass is 19.1. The normalized spacial score (nSPS) is 15.1. The van der Waals surface area contributed by atoms with Crippen molar-refractivity contribution in [2.75, 3.05) is 13.1 Å². The van der Waals surface area contributed by atoms with Gasteiger partial charge in [0.05, 0.1) is 5.56 Å². The van der Waals surface area contributed by atoms with Gasteiger partial charge in [-0.3, -0.25) is 9.69 Å². The second kappa shape index (κ2) is 6.98. The molecular weight excluding hydrogens is 253 g/mol. The van der Waals surface area contributed by atoms with E-state index in [-0.39, 0.29) is 11.3 Å². The third-order valence-corrected chi connectivity index (χ3v) is 3.86. The summed E-state index contributed by atoms with van der Waals surface area (Å²) in [6, 6.07) is 6.92. The minimum atomic E-state index is -0.405. The van der Waals surface area contributed by atoms with E-state index in [9.17, 15) is 9.18 Å². The largest absolute Gasteiger partial charge is 0.300 e. The van der Waals surface area contributed by atoms with Crippen molar-refractivity contribution >= 4 is 5.78 Å². The molecule has 3 heteroatoms. The average molecular weight is 277 g/mol. The summed E-state index contributed by atoms with van der Waals surface area (Å²) >= 11 is 0. The molecule has 0 bridgehead atoms. The van der Waals surface area contributed by atoms with Gasteiger partial charge in [0.25, 0.3) is 0 Å². The first-order chi connectivity index (χ1) is 9.58. The van der Waals surface area contributed by atoms with Crippen LogP contribution >= 0.6 is 0 Å². The van der Waals surface area contributed by atoms with Crippen LogP contribution in [0.25, 0.3) is 0 Å². The summed E-state index contributed by atoms with van der Waals surface area (Å²) < 4.78 is 13.6. The van der Waals surface area contributed by atoms with E-state index >= 15 is 0 Å². The molecule has 1 aromatic carbocycles. The fraction of sp³-hybridized carbons (Fsp3) is 0.588. The van der Waals surface area contributed by atoms with Gasteiger partial charge in [-0.2, -0.15) is 0 Å². The lowest BCUT2D eigenvalue weighted by molar-refractivity contribution is 0.0957. The van der Waals surface area contributed by atoms with E-state index in [2.05, 4.69) is 18.7 Å². The van der Waals surface area contributed by atoms with Crippen molar-refractivity contribution in [2.45, 2.75) is 45.6 Å². The predicted molar refractivity (Wildman–Crippen MR) is 79.4 cm³/mol. The highest BCUT2D eigenvalue weighted by Crippen LogP contribution is 2.27. The summed E-state index contributed by atoms with van der Waals surface area (Å²) in [5.74, 6) is 0.189. The van der Waals surface area contributed by atoms with Crippen molar-refractivity contribution < 1.29 is 9.18 Å². The van der Waals surface area contributed by atoms with Gasteiger partial charge >= 0.3 is 0 Å². The van der Waals surface area contributed by atoms with Crippen LogP contribution in [0, 0.1) is 11.7 Å². The first-order valence-electron chi connectivity index (χ1n) is 7.59. The molecule has 1 aromatic rings. The van der Waals surface area contributed by atoms with Crippen LogP contribution < -0.4 is 0 Å². The fourth-order valence-electron chi connectivity index (χ4n) is 2.41. The predicted octanol–water partition coefficient (Wildman–Crippen LogP) is 3.91. The summed E-state index contributed by atoms with van der Waals surface area (Å²) in [5.41, 5.74) is 0.229. The molecule has 0 saturated heterocycles. The Bertz CT molecular complexity index is 454.